The molecule has 2 saturated carbocycles. The number of halogens is 1. The predicted molar refractivity (Wildman–Crippen MR) is 142 cm³/mol. The van der Waals surface area contributed by atoms with Crippen LogP contribution >= 0.6 is 0 Å². The standard InChI is InChI=1S/C29H31FN6O/c1-18-12-20(30)14-24(13-18)36(17-19-4-5-19)23-9-7-22(8-10-23)34(2)28-25(16-32)29(37)35(3)26-11-6-21(15-31)33-27(26)28/h6,11-14,19,22-23H,4-5,7-10,17H2,1-3H3. The molecule has 2 fully saturated rings. The van der Waals surface area contributed by atoms with Gasteiger partial charge in [0.05, 0.1) is 11.2 Å². The first-order chi connectivity index (χ1) is 17.8. The van der Waals surface area contributed by atoms with Crippen LogP contribution in [0.5, 0.6) is 0 Å². The molecule has 0 aliphatic heterocycles. The van der Waals surface area contributed by atoms with Crippen LogP contribution in [0.3, 0.4) is 0 Å². The number of anilines is 2. The SMILES string of the molecule is Cc1cc(F)cc(N(CC2CC2)C2CCC(N(C)c3c(C#N)c(=O)n(C)c4ccc(C#N)nc34)CC2)c1. The van der Waals surface area contributed by atoms with Gasteiger partial charge in [-0.15, -0.1) is 0 Å². The summed E-state index contributed by atoms with van der Waals surface area (Å²) in [7, 11) is 3.54. The molecule has 190 valence electrons. The highest BCUT2D eigenvalue weighted by Crippen LogP contribution is 2.38. The Hall–Kier alpha value is -3.91. The Kier molecular flexibility index (Phi) is 6.60. The highest BCUT2D eigenvalue weighted by molar-refractivity contribution is 5.92. The molecule has 1 aromatic carbocycles. The number of aryl methyl sites for hydroxylation is 2. The summed E-state index contributed by atoms with van der Waals surface area (Å²) in [5, 5.41) is 19.3. The number of hydrogen-bond donors (Lipinski definition) is 0. The molecule has 0 spiro atoms. The Morgan fingerprint density at radius 1 is 1.05 bits per heavy atom. The van der Waals surface area contributed by atoms with Gasteiger partial charge in [-0.05, 0) is 87.3 Å². The number of nitrogens with zero attached hydrogens (tertiary/aromatic N) is 6. The van der Waals surface area contributed by atoms with Gasteiger partial charge in [-0.1, -0.05) is 0 Å². The highest BCUT2D eigenvalue weighted by atomic mass is 19.1. The van der Waals surface area contributed by atoms with E-state index in [-0.39, 0.29) is 28.7 Å². The van der Waals surface area contributed by atoms with Crippen LogP contribution in [0.15, 0.2) is 35.1 Å². The van der Waals surface area contributed by atoms with Crippen LogP contribution in [0.4, 0.5) is 15.8 Å². The number of rotatable bonds is 6. The fourth-order valence-corrected chi connectivity index (χ4v) is 5.77. The number of hydrogen-bond acceptors (Lipinski definition) is 6. The van der Waals surface area contributed by atoms with Crippen LogP contribution in [0, 0.1) is 41.3 Å². The average Bonchev–Trinajstić information content (AvgIpc) is 3.72. The normalized spacial score (nSPS) is 19.3. The lowest BCUT2D eigenvalue weighted by molar-refractivity contribution is 0.365. The van der Waals surface area contributed by atoms with E-state index in [4.69, 9.17) is 0 Å². The Labute approximate surface area is 216 Å². The fourth-order valence-electron chi connectivity index (χ4n) is 5.77. The minimum absolute atomic E-state index is 0.0489. The van der Waals surface area contributed by atoms with E-state index in [0.29, 0.717) is 28.7 Å². The van der Waals surface area contributed by atoms with Gasteiger partial charge in [0.1, 0.15) is 34.7 Å². The molecule has 2 aromatic heterocycles. The smallest absolute Gasteiger partial charge is 0.270 e. The van der Waals surface area contributed by atoms with Gasteiger partial charge in [0.2, 0.25) is 0 Å². The summed E-state index contributed by atoms with van der Waals surface area (Å²) in [5.41, 5.74) is 3.39. The molecule has 5 rings (SSSR count). The van der Waals surface area contributed by atoms with Crippen molar-refractivity contribution in [3.05, 3.63) is 63.3 Å². The van der Waals surface area contributed by atoms with E-state index >= 15 is 0 Å². The zero-order valence-corrected chi connectivity index (χ0v) is 21.5. The van der Waals surface area contributed by atoms with E-state index in [9.17, 15) is 19.7 Å². The van der Waals surface area contributed by atoms with Crippen LogP contribution < -0.4 is 15.4 Å². The Bertz CT molecular complexity index is 1470. The number of nitriles is 2. The lowest BCUT2D eigenvalue weighted by atomic mass is 9.88. The van der Waals surface area contributed by atoms with Crippen molar-refractivity contribution in [1.82, 2.24) is 9.55 Å². The lowest BCUT2D eigenvalue weighted by Gasteiger charge is -2.42. The Morgan fingerprint density at radius 3 is 2.38 bits per heavy atom. The molecule has 8 heteroatoms. The summed E-state index contributed by atoms with van der Waals surface area (Å²) in [6.07, 6.45) is 6.06. The monoisotopic (exact) mass is 498 g/mol. The minimum atomic E-state index is -0.367. The third kappa shape index (κ3) is 4.76. The quantitative estimate of drug-likeness (QED) is 0.486. The average molecular weight is 499 g/mol. The molecule has 3 aromatic rings. The zero-order chi connectivity index (χ0) is 26.3. The van der Waals surface area contributed by atoms with Gasteiger partial charge in [-0.2, -0.15) is 10.5 Å². The van der Waals surface area contributed by atoms with Gasteiger partial charge in [-0.25, -0.2) is 9.37 Å². The maximum Gasteiger partial charge on any atom is 0.270 e. The van der Waals surface area contributed by atoms with E-state index in [1.165, 1.54) is 17.4 Å². The third-order valence-electron chi connectivity index (χ3n) is 7.96. The van der Waals surface area contributed by atoms with Crippen molar-refractivity contribution in [3.63, 3.8) is 0 Å². The molecular weight excluding hydrogens is 467 g/mol. The summed E-state index contributed by atoms with van der Waals surface area (Å²) in [6, 6.07) is 13.2. The molecule has 0 N–H and O–H groups in total. The molecule has 0 saturated heterocycles. The summed E-state index contributed by atoms with van der Waals surface area (Å²) < 4.78 is 15.7. The largest absolute Gasteiger partial charge is 0.369 e. The predicted octanol–water partition coefficient (Wildman–Crippen LogP) is 4.79. The van der Waals surface area contributed by atoms with E-state index in [1.54, 1.807) is 31.3 Å². The van der Waals surface area contributed by atoms with Crippen LogP contribution in [0.1, 0.15) is 55.3 Å². The number of aromatic nitrogens is 2. The summed E-state index contributed by atoms with van der Waals surface area (Å²) in [5.74, 6) is 0.476. The van der Waals surface area contributed by atoms with Gasteiger partial charge < -0.3 is 14.4 Å². The third-order valence-corrected chi connectivity index (χ3v) is 7.96. The summed E-state index contributed by atoms with van der Waals surface area (Å²) in [4.78, 5) is 21.9. The first-order valence-corrected chi connectivity index (χ1v) is 12.9. The van der Waals surface area contributed by atoms with E-state index < -0.39 is 0 Å². The molecule has 0 amide bonds. The Morgan fingerprint density at radius 2 is 1.76 bits per heavy atom. The van der Waals surface area contributed by atoms with Crippen molar-refractivity contribution in [1.29, 1.82) is 10.5 Å². The number of benzene rings is 1. The van der Waals surface area contributed by atoms with Gasteiger partial charge >= 0.3 is 0 Å². The lowest BCUT2D eigenvalue weighted by Crippen LogP contribution is -2.44. The Balaban J connectivity index is 1.44. The molecule has 0 bridgehead atoms. The molecular formula is C29H31FN6O. The molecule has 0 atom stereocenters. The second-order valence-electron chi connectivity index (χ2n) is 10.5. The molecule has 37 heavy (non-hydrogen) atoms. The topological polar surface area (TPSA) is 89.0 Å². The van der Waals surface area contributed by atoms with Crippen molar-refractivity contribution >= 4 is 22.4 Å². The molecule has 2 heterocycles. The van der Waals surface area contributed by atoms with Gasteiger partial charge in [-0.3, -0.25) is 4.79 Å². The van der Waals surface area contributed by atoms with Crippen molar-refractivity contribution < 1.29 is 4.39 Å². The summed E-state index contributed by atoms with van der Waals surface area (Å²) >= 11 is 0. The fraction of sp³-hybridized carbons (Fsp3) is 0.448. The number of fused-ring (bicyclic) bond motifs is 1. The molecule has 2 aliphatic carbocycles. The molecule has 2 aliphatic rings. The van der Waals surface area contributed by atoms with Crippen LogP contribution in [-0.2, 0) is 7.05 Å². The first-order valence-electron chi connectivity index (χ1n) is 12.9. The molecule has 7 nitrogen and oxygen atoms in total. The highest BCUT2D eigenvalue weighted by Gasteiger charge is 2.33. The maximum atomic E-state index is 14.3. The van der Waals surface area contributed by atoms with Crippen LogP contribution in [-0.4, -0.2) is 35.2 Å². The van der Waals surface area contributed by atoms with Crippen LogP contribution in [0.25, 0.3) is 11.0 Å². The minimum Gasteiger partial charge on any atom is -0.369 e. The van der Waals surface area contributed by atoms with Crippen LogP contribution in [0.2, 0.25) is 0 Å². The van der Waals surface area contributed by atoms with E-state index in [0.717, 1.165) is 43.5 Å². The van der Waals surface area contributed by atoms with Crippen molar-refractivity contribution in [2.24, 2.45) is 13.0 Å². The van der Waals surface area contributed by atoms with Gasteiger partial charge in [0, 0.05) is 38.4 Å². The number of pyridine rings is 2. The second-order valence-corrected chi connectivity index (χ2v) is 10.5. The van der Waals surface area contributed by atoms with E-state index in [1.807, 2.05) is 18.9 Å². The zero-order valence-electron chi connectivity index (χ0n) is 21.5. The first kappa shape index (κ1) is 24.8. The summed E-state index contributed by atoms with van der Waals surface area (Å²) in [6.45, 7) is 2.88. The molecule has 0 radical (unpaired) electrons. The second kappa shape index (κ2) is 9.86. The maximum absolute atomic E-state index is 14.3. The van der Waals surface area contributed by atoms with Crippen molar-refractivity contribution in [3.8, 4) is 12.1 Å². The van der Waals surface area contributed by atoms with Crippen molar-refractivity contribution in [2.45, 2.75) is 57.5 Å². The van der Waals surface area contributed by atoms with E-state index in [2.05, 4.69) is 28.1 Å². The van der Waals surface area contributed by atoms with Gasteiger partial charge in [0.25, 0.3) is 5.56 Å². The van der Waals surface area contributed by atoms with Crippen molar-refractivity contribution in [2.75, 3.05) is 23.4 Å². The van der Waals surface area contributed by atoms with Gasteiger partial charge in [0.15, 0.2) is 0 Å². The molecule has 0 unspecified atom stereocenters.